The molecule has 1 aromatic carbocycles. The molecule has 1 aliphatic heterocycles. The first-order valence-electron chi connectivity index (χ1n) is 5.95. The van der Waals surface area contributed by atoms with Crippen LogP contribution in [0.5, 0.6) is 0 Å². The van der Waals surface area contributed by atoms with Crippen LogP contribution in [0.2, 0.25) is 0 Å². The molecule has 3 N–H and O–H groups in total. The Hall–Kier alpha value is -0.640. The second kappa shape index (κ2) is 5.63. The molecule has 0 aliphatic carbocycles. The molecule has 1 fully saturated rings. The van der Waals surface area contributed by atoms with Crippen molar-refractivity contribution in [2.75, 3.05) is 23.8 Å². The quantitative estimate of drug-likeness (QED) is 0.747. The molecular weight excluding hydrogens is 368 g/mol. The first-order chi connectivity index (χ1) is 9.20. The largest absolute Gasteiger partial charge is 0.399 e. The van der Waals surface area contributed by atoms with E-state index in [1.807, 2.05) is 0 Å². The summed E-state index contributed by atoms with van der Waals surface area (Å²) in [6, 6.07) is 4.42. The molecule has 1 aliphatic rings. The second-order valence-electron chi connectivity index (χ2n) is 4.81. The van der Waals surface area contributed by atoms with Crippen LogP contribution in [0.1, 0.15) is 6.42 Å². The fourth-order valence-corrected chi connectivity index (χ4v) is 6.14. The van der Waals surface area contributed by atoms with Gasteiger partial charge in [-0.1, -0.05) is 0 Å². The fourth-order valence-electron chi connectivity index (χ4n) is 2.07. The summed E-state index contributed by atoms with van der Waals surface area (Å²) >= 11 is 3.16. The number of nitrogens with two attached hydrogens (primary N) is 1. The van der Waals surface area contributed by atoms with E-state index in [-0.39, 0.29) is 28.9 Å². The third-order valence-electron chi connectivity index (χ3n) is 3.13. The Kier molecular flexibility index (Phi) is 4.43. The number of sulfone groups is 1. The monoisotopic (exact) mass is 382 g/mol. The summed E-state index contributed by atoms with van der Waals surface area (Å²) in [5.74, 6) is 0.00552. The van der Waals surface area contributed by atoms with Crippen molar-refractivity contribution in [3.63, 3.8) is 0 Å². The summed E-state index contributed by atoms with van der Waals surface area (Å²) in [7, 11) is -6.68. The second-order valence-corrected chi connectivity index (χ2v) is 9.63. The maximum absolute atomic E-state index is 12.2. The lowest BCUT2D eigenvalue weighted by molar-refractivity contribution is 0.543. The van der Waals surface area contributed by atoms with Crippen LogP contribution in [-0.4, -0.2) is 34.9 Å². The third-order valence-corrected chi connectivity index (χ3v) is 7.37. The molecule has 0 bridgehead atoms. The van der Waals surface area contributed by atoms with Crippen molar-refractivity contribution >= 4 is 41.5 Å². The minimum atomic E-state index is -3.68. The molecule has 0 saturated carbocycles. The number of benzene rings is 1. The van der Waals surface area contributed by atoms with Crippen molar-refractivity contribution in [2.45, 2.75) is 11.3 Å². The molecule has 0 spiro atoms. The first-order valence-corrected chi connectivity index (χ1v) is 10.0. The Morgan fingerprint density at radius 1 is 1.40 bits per heavy atom. The summed E-state index contributed by atoms with van der Waals surface area (Å²) in [5, 5.41) is 0. The van der Waals surface area contributed by atoms with Crippen LogP contribution < -0.4 is 10.5 Å². The van der Waals surface area contributed by atoms with Gasteiger partial charge in [-0.05, 0) is 46.5 Å². The minimum Gasteiger partial charge on any atom is -0.399 e. The van der Waals surface area contributed by atoms with Gasteiger partial charge in [0.05, 0.1) is 16.4 Å². The van der Waals surface area contributed by atoms with Crippen LogP contribution >= 0.6 is 15.9 Å². The predicted molar refractivity (Wildman–Crippen MR) is 80.5 cm³/mol. The van der Waals surface area contributed by atoms with Gasteiger partial charge in [0.15, 0.2) is 9.84 Å². The van der Waals surface area contributed by atoms with Crippen molar-refractivity contribution in [3.8, 4) is 0 Å². The molecule has 0 amide bonds. The Balaban J connectivity index is 2.08. The van der Waals surface area contributed by atoms with Gasteiger partial charge in [-0.25, -0.2) is 21.6 Å². The van der Waals surface area contributed by atoms with Gasteiger partial charge >= 0.3 is 0 Å². The van der Waals surface area contributed by atoms with Crippen LogP contribution in [0.15, 0.2) is 27.6 Å². The van der Waals surface area contributed by atoms with Crippen LogP contribution in [0, 0.1) is 5.92 Å². The third kappa shape index (κ3) is 3.72. The Bertz CT molecular complexity index is 716. The molecule has 0 aromatic heterocycles. The summed E-state index contributed by atoms with van der Waals surface area (Å²) < 4.78 is 49.8. The lowest BCUT2D eigenvalue weighted by Crippen LogP contribution is -2.30. The topological polar surface area (TPSA) is 106 Å². The maximum atomic E-state index is 12.2. The van der Waals surface area contributed by atoms with Gasteiger partial charge < -0.3 is 5.73 Å². The van der Waals surface area contributed by atoms with E-state index >= 15 is 0 Å². The van der Waals surface area contributed by atoms with E-state index in [9.17, 15) is 16.8 Å². The molecule has 112 valence electrons. The normalized spacial score (nSPS) is 21.9. The molecule has 0 radical (unpaired) electrons. The summed E-state index contributed by atoms with van der Waals surface area (Å²) in [4.78, 5) is 0.0903. The Morgan fingerprint density at radius 3 is 2.65 bits per heavy atom. The molecule has 1 unspecified atom stereocenters. The Morgan fingerprint density at radius 2 is 2.10 bits per heavy atom. The number of halogens is 1. The highest BCUT2D eigenvalue weighted by molar-refractivity contribution is 9.10. The van der Waals surface area contributed by atoms with Crippen molar-refractivity contribution in [2.24, 2.45) is 5.92 Å². The number of hydrogen-bond donors (Lipinski definition) is 2. The van der Waals surface area contributed by atoms with E-state index in [1.54, 1.807) is 0 Å². The molecule has 2 rings (SSSR count). The summed E-state index contributed by atoms with van der Waals surface area (Å²) in [6.45, 7) is 0.123. The zero-order chi connectivity index (χ0) is 15.0. The van der Waals surface area contributed by atoms with Gasteiger partial charge in [0.1, 0.15) is 0 Å². The average Bonchev–Trinajstić information content (AvgIpc) is 2.66. The minimum absolute atomic E-state index is 0.0401. The van der Waals surface area contributed by atoms with Crippen LogP contribution in [0.25, 0.3) is 0 Å². The summed E-state index contributed by atoms with van der Waals surface area (Å²) in [6.07, 6.45) is 0.494. The lowest BCUT2D eigenvalue weighted by Gasteiger charge is -2.11. The van der Waals surface area contributed by atoms with Gasteiger partial charge in [0, 0.05) is 16.7 Å². The standard InChI is InChI=1S/C11H15BrN2O4S2/c12-10-5-9(13)1-2-11(10)20(17,18)14-6-8-3-4-19(15,16)7-8/h1-2,5,8,14H,3-4,6-7,13H2. The molecule has 1 heterocycles. The SMILES string of the molecule is Nc1ccc(S(=O)(=O)NCC2CCS(=O)(=O)C2)c(Br)c1. The van der Waals surface area contributed by atoms with E-state index in [0.29, 0.717) is 16.6 Å². The highest BCUT2D eigenvalue weighted by Crippen LogP contribution is 2.25. The number of sulfonamides is 1. The van der Waals surface area contributed by atoms with Gasteiger partial charge in [-0.3, -0.25) is 0 Å². The van der Waals surface area contributed by atoms with Crippen LogP contribution in [0.3, 0.4) is 0 Å². The predicted octanol–water partition coefficient (Wildman–Crippen LogP) is 0.744. The molecule has 1 saturated heterocycles. The van der Waals surface area contributed by atoms with E-state index in [4.69, 9.17) is 5.73 Å². The lowest BCUT2D eigenvalue weighted by atomic mass is 10.1. The average molecular weight is 383 g/mol. The molecule has 1 aromatic rings. The molecule has 9 heteroatoms. The molecule has 20 heavy (non-hydrogen) atoms. The van der Waals surface area contributed by atoms with Crippen molar-refractivity contribution < 1.29 is 16.8 Å². The van der Waals surface area contributed by atoms with E-state index < -0.39 is 19.9 Å². The van der Waals surface area contributed by atoms with Gasteiger partial charge in [-0.2, -0.15) is 0 Å². The van der Waals surface area contributed by atoms with Crippen molar-refractivity contribution in [1.29, 1.82) is 0 Å². The van der Waals surface area contributed by atoms with E-state index in [0.717, 1.165) is 0 Å². The summed E-state index contributed by atoms with van der Waals surface area (Å²) in [5.41, 5.74) is 6.02. The number of anilines is 1. The van der Waals surface area contributed by atoms with Crippen molar-refractivity contribution in [3.05, 3.63) is 22.7 Å². The van der Waals surface area contributed by atoms with E-state index in [2.05, 4.69) is 20.7 Å². The highest BCUT2D eigenvalue weighted by Gasteiger charge is 2.29. The maximum Gasteiger partial charge on any atom is 0.241 e. The number of hydrogen-bond acceptors (Lipinski definition) is 5. The number of nitrogens with one attached hydrogen (secondary N) is 1. The van der Waals surface area contributed by atoms with Gasteiger partial charge in [-0.15, -0.1) is 0 Å². The fraction of sp³-hybridized carbons (Fsp3) is 0.455. The smallest absolute Gasteiger partial charge is 0.241 e. The molecule has 6 nitrogen and oxygen atoms in total. The first kappa shape index (κ1) is 15.7. The van der Waals surface area contributed by atoms with Gasteiger partial charge in [0.2, 0.25) is 10.0 Å². The van der Waals surface area contributed by atoms with Crippen LogP contribution in [0.4, 0.5) is 5.69 Å². The van der Waals surface area contributed by atoms with Gasteiger partial charge in [0.25, 0.3) is 0 Å². The zero-order valence-corrected chi connectivity index (χ0v) is 13.8. The zero-order valence-electron chi connectivity index (χ0n) is 10.5. The number of nitrogen functional groups attached to an aromatic ring is 1. The van der Waals surface area contributed by atoms with Crippen molar-refractivity contribution in [1.82, 2.24) is 4.72 Å². The van der Waals surface area contributed by atoms with Crippen LogP contribution in [-0.2, 0) is 19.9 Å². The Labute approximate surface area is 126 Å². The molecular formula is C11H15BrN2O4S2. The number of rotatable bonds is 4. The highest BCUT2D eigenvalue weighted by atomic mass is 79.9. The van der Waals surface area contributed by atoms with E-state index in [1.165, 1.54) is 18.2 Å². The molecule has 1 atom stereocenters.